The van der Waals surface area contributed by atoms with Gasteiger partial charge in [-0.2, -0.15) is 4.99 Å². The van der Waals surface area contributed by atoms with Gasteiger partial charge >= 0.3 is 6.09 Å². The first-order valence-corrected chi connectivity index (χ1v) is 14.4. The van der Waals surface area contributed by atoms with Gasteiger partial charge in [0.25, 0.3) is 11.4 Å². The fourth-order valence-corrected chi connectivity index (χ4v) is 5.97. The largest absolute Gasteiger partial charge is 0.443 e. The van der Waals surface area contributed by atoms with Crippen molar-refractivity contribution in [2.75, 3.05) is 13.1 Å². The van der Waals surface area contributed by atoms with Crippen LogP contribution >= 0.6 is 11.8 Å². The Balaban J connectivity index is 1.18. The lowest BCUT2D eigenvalue weighted by atomic mass is 9.84. The van der Waals surface area contributed by atoms with E-state index in [9.17, 15) is 34.6 Å². The number of β-lactam (4-membered cyclic amide) rings is 1. The van der Waals surface area contributed by atoms with Crippen molar-refractivity contribution in [3.8, 4) is 0 Å². The number of amides is 2. The van der Waals surface area contributed by atoms with Crippen molar-refractivity contribution in [2.24, 2.45) is 10.9 Å². The Bertz CT molecular complexity index is 1400. The fourth-order valence-electron chi connectivity index (χ4n) is 4.84. The van der Waals surface area contributed by atoms with Gasteiger partial charge in [-0.25, -0.2) is 4.79 Å². The third-order valence-electron chi connectivity index (χ3n) is 7.28. The molecule has 0 unspecified atom stereocenters. The van der Waals surface area contributed by atoms with E-state index < -0.39 is 28.0 Å². The number of nitrogens with one attached hydrogen (secondary N) is 1. The third kappa shape index (κ3) is 8.58. The van der Waals surface area contributed by atoms with Gasteiger partial charge in [0.05, 0.1) is 34.5 Å². The number of nitrogens with zero attached hydrogens (tertiary/aromatic N) is 4. The van der Waals surface area contributed by atoms with E-state index in [1.54, 1.807) is 26.0 Å². The highest BCUT2D eigenvalue weighted by molar-refractivity contribution is 8.14. The second-order valence-corrected chi connectivity index (χ2v) is 11.6. The molecular weight excluding hydrogens is 582 g/mol. The van der Waals surface area contributed by atoms with Gasteiger partial charge in [0.15, 0.2) is 5.12 Å². The average molecular weight is 614 g/mol. The van der Waals surface area contributed by atoms with Crippen LogP contribution in [-0.2, 0) is 32.3 Å². The number of thioether (sulfide) groups is 1. The summed E-state index contributed by atoms with van der Waals surface area (Å²) >= 11 is 1.22. The molecule has 14 nitrogen and oxygen atoms in total. The van der Waals surface area contributed by atoms with Crippen LogP contribution in [0.1, 0.15) is 37.8 Å². The van der Waals surface area contributed by atoms with Crippen LogP contribution in [0.4, 0.5) is 16.2 Å². The summed E-state index contributed by atoms with van der Waals surface area (Å²) in [7, 11) is 0. The van der Waals surface area contributed by atoms with Gasteiger partial charge in [0, 0.05) is 49.0 Å². The number of carbonyl (C=O) groups excluding carboxylic acids is 3. The average Bonchev–Trinajstić information content (AvgIpc) is 3.43. The smallest absolute Gasteiger partial charge is 0.435 e. The molecule has 0 radical (unpaired) electrons. The second kappa shape index (κ2) is 14.2. The molecule has 15 heteroatoms. The van der Waals surface area contributed by atoms with E-state index in [1.807, 2.05) is 4.90 Å². The number of hydrogen-bond donors (Lipinski definition) is 1. The predicted molar refractivity (Wildman–Crippen MR) is 156 cm³/mol. The number of ether oxygens (including phenoxy) is 2. The quantitative estimate of drug-likeness (QED) is 0.127. The number of amidine groups is 1. The van der Waals surface area contributed by atoms with Crippen molar-refractivity contribution < 1.29 is 33.7 Å². The van der Waals surface area contributed by atoms with Crippen molar-refractivity contribution in [1.82, 2.24) is 10.2 Å². The number of nitro groups is 2. The third-order valence-corrected chi connectivity index (χ3v) is 8.43. The molecule has 0 saturated carbocycles. The van der Waals surface area contributed by atoms with Crippen LogP contribution in [0.15, 0.2) is 53.5 Å². The highest BCUT2D eigenvalue weighted by Crippen LogP contribution is 2.30. The van der Waals surface area contributed by atoms with E-state index in [-0.39, 0.29) is 53.3 Å². The zero-order valence-corrected chi connectivity index (χ0v) is 24.4. The van der Waals surface area contributed by atoms with Gasteiger partial charge in [-0.1, -0.05) is 11.8 Å². The lowest BCUT2D eigenvalue weighted by molar-refractivity contribution is -0.385. The van der Waals surface area contributed by atoms with Crippen molar-refractivity contribution in [3.05, 3.63) is 79.9 Å². The molecule has 2 aromatic carbocycles. The monoisotopic (exact) mass is 613 g/mol. The molecular formula is C28H31N5O9S. The summed E-state index contributed by atoms with van der Waals surface area (Å²) in [5.41, 5.74) is 1.26. The molecule has 0 aromatic heterocycles. The standard InChI is InChI=1S/C28H31N5O9S/c1-17(41-15-19-3-7-21(8-4-19)32(37)38)26-24(30-27(26)35)13-25(34)43-23-11-12-31(14-23)18(2)29-28(36)42-16-20-5-9-22(10-6-20)33(39)40/h3-10,17,23-24,26H,11-16H2,1-2H3,(H,30,35)/b29-18+/t17-,23+,24-,26-/m1/s1. The van der Waals surface area contributed by atoms with E-state index in [4.69, 9.17) is 9.47 Å². The first-order valence-electron chi connectivity index (χ1n) is 13.5. The topological polar surface area (TPSA) is 184 Å². The molecule has 2 fully saturated rings. The van der Waals surface area contributed by atoms with Crippen LogP contribution in [0.25, 0.3) is 0 Å². The summed E-state index contributed by atoms with van der Waals surface area (Å²) in [6.45, 7) is 4.71. The normalized spacial score (nSPS) is 20.6. The Labute approximate surface area is 251 Å². The summed E-state index contributed by atoms with van der Waals surface area (Å²) in [6, 6.07) is 11.3. The second-order valence-electron chi connectivity index (χ2n) is 10.3. The van der Waals surface area contributed by atoms with Crippen LogP contribution in [0, 0.1) is 26.1 Å². The van der Waals surface area contributed by atoms with Crippen molar-refractivity contribution >= 4 is 46.1 Å². The van der Waals surface area contributed by atoms with E-state index in [0.717, 1.165) is 12.0 Å². The number of rotatable bonds is 11. The van der Waals surface area contributed by atoms with Crippen molar-refractivity contribution in [3.63, 3.8) is 0 Å². The predicted octanol–water partition coefficient (Wildman–Crippen LogP) is 4.00. The molecule has 0 spiro atoms. The number of nitro benzene ring substituents is 2. The first kappa shape index (κ1) is 31.6. The van der Waals surface area contributed by atoms with Crippen LogP contribution in [0.3, 0.4) is 0 Å². The summed E-state index contributed by atoms with van der Waals surface area (Å²) in [5.74, 6) is -0.193. The van der Waals surface area contributed by atoms with Crippen molar-refractivity contribution in [2.45, 2.75) is 57.3 Å². The molecule has 2 heterocycles. The van der Waals surface area contributed by atoms with Crippen LogP contribution < -0.4 is 5.32 Å². The number of hydrogen-bond acceptors (Lipinski definition) is 10. The Morgan fingerprint density at radius 3 is 2.19 bits per heavy atom. The van der Waals surface area contributed by atoms with Crippen LogP contribution in [0.5, 0.6) is 0 Å². The van der Waals surface area contributed by atoms with Gasteiger partial charge in [-0.15, -0.1) is 0 Å². The highest BCUT2D eigenvalue weighted by Gasteiger charge is 2.44. The molecule has 2 aliphatic rings. The maximum atomic E-state index is 12.8. The van der Waals surface area contributed by atoms with Gasteiger partial charge in [0.2, 0.25) is 5.91 Å². The number of aliphatic imine (C=N–C) groups is 1. The zero-order valence-electron chi connectivity index (χ0n) is 23.5. The molecule has 4 atom stereocenters. The Kier molecular flexibility index (Phi) is 10.4. The Morgan fingerprint density at radius 2 is 1.63 bits per heavy atom. The Morgan fingerprint density at radius 1 is 1.05 bits per heavy atom. The lowest BCUT2D eigenvalue weighted by Gasteiger charge is -2.39. The van der Waals surface area contributed by atoms with Crippen LogP contribution in [-0.4, -0.2) is 68.2 Å². The molecule has 228 valence electrons. The van der Waals surface area contributed by atoms with Gasteiger partial charge in [-0.3, -0.25) is 29.8 Å². The van der Waals surface area contributed by atoms with E-state index in [0.29, 0.717) is 24.5 Å². The minimum atomic E-state index is -0.778. The van der Waals surface area contributed by atoms with E-state index in [1.165, 1.54) is 48.2 Å². The summed E-state index contributed by atoms with van der Waals surface area (Å²) in [4.78, 5) is 63.7. The van der Waals surface area contributed by atoms with Gasteiger partial charge in [0.1, 0.15) is 12.4 Å². The summed E-state index contributed by atoms with van der Waals surface area (Å²) in [6.07, 6.45) is -0.353. The molecule has 2 aromatic rings. The molecule has 2 aliphatic heterocycles. The molecule has 0 aliphatic carbocycles. The number of carbonyl (C=O) groups is 3. The molecule has 2 saturated heterocycles. The van der Waals surface area contributed by atoms with E-state index in [2.05, 4.69) is 10.3 Å². The highest BCUT2D eigenvalue weighted by atomic mass is 32.2. The molecule has 43 heavy (non-hydrogen) atoms. The minimum absolute atomic E-state index is 0.00109. The maximum absolute atomic E-state index is 12.8. The Hall–Kier alpha value is -4.37. The van der Waals surface area contributed by atoms with Gasteiger partial charge in [-0.05, 0) is 55.7 Å². The molecule has 4 rings (SSSR count). The lowest BCUT2D eigenvalue weighted by Crippen LogP contribution is -2.62. The van der Waals surface area contributed by atoms with Gasteiger partial charge < -0.3 is 19.7 Å². The summed E-state index contributed by atoms with van der Waals surface area (Å²) in [5, 5.41) is 24.3. The zero-order chi connectivity index (χ0) is 31.1. The maximum Gasteiger partial charge on any atom is 0.435 e. The SMILES string of the molecule is C/C(=N\C(=O)OCc1ccc([N+](=O)[O-])cc1)N1CC[C@H](SC(=O)C[C@H]2NC(=O)[C@@H]2[C@@H](C)OCc2ccc([N+](=O)[O-])cc2)C1. The molecule has 2 amide bonds. The minimum Gasteiger partial charge on any atom is -0.443 e. The van der Waals surface area contributed by atoms with Crippen LogP contribution in [0.2, 0.25) is 0 Å². The number of likely N-dealkylation sites (tertiary alicyclic amines) is 1. The summed E-state index contributed by atoms with van der Waals surface area (Å²) < 4.78 is 11.0. The number of non-ortho nitro benzene ring substituents is 2. The fraction of sp³-hybridized carbons (Fsp3) is 0.429. The number of benzene rings is 2. The van der Waals surface area contributed by atoms with E-state index >= 15 is 0 Å². The molecule has 0 bridgehead atoms. The van der Waals surface area contributed by atoms with Crippen molar-refractivity contribution in [1.29, 1.82) is 0 Å². The molecule has 1 N–H and O–H groups in total. The first-order chi connectivity index (χ1) is 20.5.